The van der Waals surface area contributed by atoms with Crippen molar-refractivity contribution in [3.8, 4) is 5.69 Å². The monoisotopic (exact) mass is 421 g/mol. The van der Waals surface area contributed by atoms with Crippen molar-refractivity contribution < 1.29 is 4.79 Å². The summed E-state index contributed by atoms with van der Waals surface area (Å²) in [4.78, 5) is 12.6. The maximum atomic E-state index is 12.6. The van der Waals surface area contributed by atoms with Crippen LogP contribution in [0.3, 0.4) is 0 Å². The topological polar surface area (TPSA) is 47.8 Å². The predicted octanol–water partition coefficient (Wildman–Crippen LogP) is 5.05. The highest BCUT2D eigenvalue weighted by molar-refractivity contribution is 9.10. The van der Waals surface area contributed by atoms with Gasteiger partial charge >= 0.3 is 0 Å². The van der Waals surface area contributed by atoms with Crippen molar-refractivity contribution in [3.05, 3.63) is 69.9 Å². The Morgan fingerprint density at radius 3 is 2.71 bits per heavy atom. The van der Waals surface area contributed by atoms with Crippen LogP contribution >= 0.6 is 39.3 Å². The normalized spacial score (nSPS) is 12.1. The van der Waals surface area contributed by atoms with E-state index < -0.39 is 0 Å². The minimum Gasteiger partial charge on any atom is -0.293 e. The van der Waals surface area contributed by atoms with Crippen molar-refractivity contribution in [1.29, 1.82) is 0 Å². The largest absolute Gasteiger partial charge is 0.293 e. The first-order valence-electron chi connectivity index (χ1n) is 7.17. The molecular weight excluding hydrogens is 410 g/mol. The molecule has 0 N–H and O–H groups in total. The Morgan fingerprint density at radius 2 is 2.00 bits per heavy atom. The highest BCUT2D eigenvalue weighted by atomic mass is 79.9. The molecule has 4 nitrogen and oxygen atoms in total. The van der Waals surface area contributed by atoms with E-state index in [2.05, 4.69) is 26.1 Å². The van der Waals surface area contributed by atoms with E-state index in [0.29, 0.717) is 15.7 Å². The lowest BCUT2D eigenvalue weighted by atomic mass is 10.1. The fraction of sp³-hybridized carbons (Fsp3) is 0.118. The van der Waals surface area contributed by atoms with E-state index in [9.17, 15) is 4.79 Å². The van der Waals surface area contributed by atoms with Gasteiger partial charge in [-0.3, -0.25) is 9.36 Å². The van der Waals surface area contributed by atoms with E-state index >= 15 is 0 Å². The molecule has 0 aliphatic heterocycles. The van der Waals surface area contributed by atoms with Crippen molar-refractivity contribution in [2.45, 2.75) is 17.3 Å². The summed E-state index contributed by atoms with van der Waals surface area (Å²) in [6.07, 6.45) is 1.62. The van der Waals surface area contributed by atoms with Gasteiger partial charge in [0.2, 0.25) is 0 Å². The molecule has 0 aliphatic carbocycles. The highest BCUT2D eigenvalue weighted by Gasteiger charge is 2.19. The van der Waals surface area contributed by atoms with Gasteiger partial charge in [-0.05, 0) is 37.3 Å². The maximum Gasteiger partial charge on any atom is 0.196 e. The molecule has 24 heavy (non-hydrogen) atoms. The van der Waals surface area contributed by atoms with Gasteiger partial charge in [0.05, 0.1) is 10.9 Å². The van der Waals surface area contributed by atoms with E-state index in [4.69, 9.17) is 11.6 Å². The minimum atomic E-state index is -0.284. The highest BCUT2D eigenvalue weighted by Crippen LogP contribution is 2.27. The standard InChI is InChI=1S/C17H13BrClN3OS/c1-11(16(23)12-5-7-13(18)8-6-12)24-17-21-20-10-22(17)15-4-2-3-14(19)9-15/h2-11H,1H3. The number of thioether (sulfide) groups is 1. The molecule has 0 radical (unpaired) electrons. The van der Waals surface area contributed by atoms with Crippen LogP contribution in [-0.4, -0.2) is 25.8 Å². The van der Waals surface area contributed by atoms with Crippen LogP contribution in [-0.2, 0) is 0 Å². The third-order valence-electron chi connectivity index (χ3n) is 3.38. The van der Waals surface area contributed by atoms with Crippen molar-refractivity contribution >= 4 is 45.1 Å². The number of aromatic nitrogens is 3. The third kappa shape index (κ3) is 3.88. The minimum absolute atomic E-state index is 0.0492. The smallest absolute Gasteiger partial charge is 0.196 e. The Hall–Kier alpha value is -1.63. The summed E-state index contributed by atoms with van der Waals surface area (Å²) in [5, 5.41) is 9.08. The number of hydrogen-bond acceptors (Lipinski definition) is 4. The number of rotatable bonds is 5. The zero-order valence-corrected chi connectivity index (χ0v) is 15.8. The molecule has 122 valence electrons. The SMILES string of the molecule is CC(Sc1nncn1-c1cccc(Cl)c1)C(=O)c1ccc(Br)cc1. The summed E-state index contributed by atoms with van der Waals surface area (Å²) in [5.41, 5.74) is 1.53. The van der Waals surface area contributed by atoms with Gasteiger partial charge in [0.15, 0.2) is 10.9 Å². The number of Topliss-reactive ketones (excluding diaryl/α,β-unsaturated/α-hetero) is 1. The maximum absolute atomic E-state index is 12.6. The van der Waals surface area contributed by atoms with E-state index in [-0.39, 0.29) is 11.0 Å². The first-order valence-corrected chi connectivity index (χ1v) is 9.22. The second kappa shape index (κ2) is 7.51. The number of carbonyl (C=O) groups excluding carboxylic acids is 1. The van der Waals surface area contributed by atoms with Gasteiger partial charge in [-0.1, -0.05) is 57.5 Å². The van der Waals surface area contributed by atoms with E-state index in [1.807, 2.05) is 60.0 Å². The van der Waals surface area contributed by atoms with Gasteiger partial charge < -0.3 is 0 Å². The van der Waals surface area contributed by atoms with Crippen molar-refractivity contribution in [1.82, 2.24) is 14.8 Å². The van der Waals surface area contributed by atoms with Crippen molar-refractivity contribution in [2.24, 2.45) is 0 Å². The zero-order valence-electron chi connectivity index (χ0n) is 12.7. The lowest BCUT2D eigenvalue weighted by Gasteiger charge is -2.11. The number of ketones is 1. The van der Waals surface area contributed by atoms with Gasteiger partial charge in [0, 0.05) is 15.1 Å². The molecular formula is C17H13BrClN3OS. The molecule has 0 saturated heterocycles. The average Bonchev–Trinajstić information content (AvgIpc) is 3.03. The van der Waals surface area contributed by atoms with Crippen LogP contribution in [0.2, 0.25) is 5.02 Å². The fourth-order valence-electron chi connectivity index (χ4n) is 2.17. The van der Waals surface area contributed by atoms with Gasteiger partial charge in [-0.2, -0.15) is 0 Å². The average molecular weight is 423 g/mol. The first-order chi connectivity index (χ1) is 11.5. The quantitative estimate of drug-likeness (QED) is 0.426. The molecule has 0 bridgehead atoms. The molecule has 3 aromatic rings. The molecule has 0 spiro atoms. The van der Waals surface area contributed by atoms with E-state index in [1.54, 1.807) is 6.33 Å². The Bertz CT molecular complexity index is 866. The van der Waals surface area contributed by atoms with Crippen LogP contribution in [0.1, 0.15) is 17.3 Å². The molecule has 0 saturated carbocycles. The Morgan fingerprint density at radius 1 is 1.25 bits per heavy atom. The molecule has 1 unspecified atom stereocenters. The number of halogens is 2. The zero-order chi connectivity index (χ0) is 17.1. The summed E-state index contributed by atoms with van der Waals surface area (Å²) in [7, 11) is 0. The molecule has 2 aromatic carbocycles. The van der Waals surface area contributed by atoms with Crippen LogP contribution in [0.4, 0.5) is 0 Å². The van der Waals surface area contributed by atoms with Gasteiger partial charge in [0.1, 0.15) is 6.33 Å². The lowest BCUT2D eigenvalue weighted by Crippen LogP contribution is -2.14. The summed E-state index contributed by atoms with van der Waals surface area (Å²) in [5.74, 6) is 0.0492. The van der Waals surface area contributed by atoms with Gasteiger partial charge in [-0.25, -0.2) is 0 Å². The molecule has 0 fully saturated rings. The van der Waals surface area contributed by atoms with Gasteiger partial charge in [-0.15, -0.1) is 10.2 Å². The molecule has 1 aromatic heterocycles. The molecule has 7 heteroatoms. The molecule has 0 amide bonds. The van der Waals surface area contributed by atoms with Crippen LogP contribution < -0.4 is 0 Å². The van der Waals surface area contributed by atoms with Crippen molar-refractivity contribution in [2.75, 3.05) is 0 Å². The number of carbonyl (C=O) groups is 1. The Kier molecular flexibility index (Phi) is 5.38. The lowest BCUT2D eigenvalue weighted by molar-refractivity contribution is 0.0994. The Labute approximate surface area is 157 Å². The summed E-state index contributed by atoms with van der Waals surface area (Å²) in [6, 6.07) is 14.8. The van der Waals surface area contributed by atoms with Crippen molar-refractivity contribution in [3.63, 3.8) is 0 Å². The third-order valence-corrected chi connectivity index (χ3v) is 5.20. The summed E-state index contributed by atoms with van der Waals surface area (Å²) >= 11 is 10.8. The van der Waals surface area contributed by atoms with E-state index in [1.165, 1.54) is 11.8 Å². The number of benzene rings is 2. The van der Waals surface area contributed by atoms with Crippen LogP contribution in [0, 0.1) is 0 Å². The first kappa shape index (κ1) is 17.2. The molecule has 3 rings (SSSR count). The molecule has 1 atom stereocenters. The second-order valence-corrected chi connectivity index (χ2v) is 7.75. The van der Waals surface area contributed by atoms with Gasteiger partial charge in [0.25, 0.3) is 0 Å². The summed E-state index contributed by atoms with van der Waals surface area (Å²) in [6.45, 7) is 1.87. The summed E-state index contributed by atoms with van der Waals surface area (Å²) < 4.78 is 2.77. The van der Waals surface area contributed by atoms with E-state index in [0.717, 1.165) is 10.2 Å². The number of nitrogens with zero attached hydrogens (tertiary/aromatic N) is 3. The fourth-order valence-corrected chi connectivity index (χ4v) is 3.54. The molecule has 1 heterocycles. The van der Waals surface area contributed by atoms with Crippen LogP contribution in [0.5, 0.6) is 0 Å². The number of hydrogen-bond donors (Lipinski definition) is 0. The predicted molar refractivity (Wildman–Crippen MR) is 100 cm³/mol. The Balaban J connectivity index is 1.80. The van der Waals surface area contributed by atoms with Crippen LogP contribution in [0.25, 0.3) is 5.69 Å². The molecule has 0 aliphatic rings. The van der Waals surface area contributed by atoms with Crippen LogP contribution in [0.15, 0.2) is 64.5 Å². The second-order valence-electron chi connectivity index (χ2n) is 5.09.